The minimum Gasteiger partial charge on any atom is -0.480 e. The third-order valence-corrected chi connectivity index (χ3v) is 4.11. The molecule has 0 aliphatic carbocycles. The number of amides is 2. The van der Waals surface area contributed by atoms with Crippen molar-refractivity contribution in [3.05, 3.63) is 27.7 Å². The molecule has 1 aromatic rings. The van der Waals surface area contributed by atoms with Crippen LogP contribution in [0.2, 0.25) is 5.02 Å². The first kappa shape index (κ1) is 16.1. The number of carboxylic acid groups (broad SMARTS) is 1. The highest BCUT2D eigenvalue weighted by Gasteiger charge is 2.22. The molecule has 2 N–H and O–H groups in total. The number of benzene rings is 1. The molecule has 0 bridgehead atoms. The van der Waals surface area contributed by atoms with Gasteiger partial charge >= 0.3 is 12.0 Å². The fraction of sp³-hybridized carbons (Fsp3) is 0.385. The van der Waals surface area contributed by atoms with Crippen LogP contribution in [0.25, 0.3) is 0 Å². The third kappa shape index (κ3) is 4.59. The van der Waals surface area contributed by atoms with E-state index in [-0.39, 0.29) is 12.6 Å². The molecule has 1 aliphatic rings. The SMILES string of the molecule is O=C(O)CN1CCN(C(=O)Nc2cc(Cl)ccc2Br)CC1. The Bertz CT molecular complexity index is 547. The summed E-state index contributed by atoms with van der Waals surface area (Å²) in [6.45, 7) is 2.11. The van der Waals surface area contributed by atoms with Crippen LogP contribution >= 0.6 is 27.5 Å². The standard InChI is InChI=1S/C13H15BrClN3O3/c14-10-2-1-9(15)7-11(10)16-13(21)18-5-3-17(4-6-18)8-12(19)20/h1-2,7H,3-6,8H2,(H,16,21)(H,19,20). The van der Waals surface area contributed by atoms with Crippen molar-refractivity contribution in [2.24, 2.45) is 0 Å². The number of hydrogen-bond acceptors (Lipinski definition) is 3. The molecule has 1 aromatic carbocycles. The van der Waals surface area contributed by atoms with Gasteiger partial charge in [0.25, 0.3) is 0 Å². The Balaban J connectivity index is 1.90. The predicted octanol–water partition coefficient (Wildman–Crippen LogP) is 2.34. The van der Waals surface area contributed by atoms with E-state index in [9.17, 15) is 9.59 Å². The number of hydrogen-bond donors (Lipinski definition) is 2. The van der Waals surface area contributed by atoms with Crippen LogP contribution in [0, 0.1) is 0 Å². The first-order valence-electron chi connectivity index (χ1n) is 6.41. The van der Waals surface area contributed by atoms with Gasteiger partial charge in [0.05, 0.1) is 12.2 Å². The number of rotatable bonds is 3. The molecule has 2 amide bonds. The van der Waals surface area contributed by atoms with E-state index in [0.717, 1.165) is 4.47 Å². The average Bonchev–Trinajstić information content (AvgIpc) is 2.43. The van der Waals surface area contributed by atoms with Crippen LogP contribution in [-0.2, 0) is 4.79 Å². The van der Waals surface area contributed by atoms with E-state index in [1.54, 1.807) is 28.0 Å². The lowest BCUT2D eigenvalue weighted by atomic mass is 10.3. The molecule has 1 saturated heterocycles. The van der Waals surface area contributed by atoms with Gasteiger partial charge in [-0.15, -0.1) is 0 Å². The van der Waals surface area contributed by atoms with Gasteiger partial charge in [-0.05, 0) is 34.1 Å². The smallest absolute Gasteiger partial charge is 0.321 e. The second-order valence-electron chi connectivity index (χ2n) is 4.71. The normalized spacial score (nSPS) is 15.8. The van der Waals surface area contributed by atoms with Crippen molar-refractivity contribution in [2.75, 3.05) is 38.0 Å². The maximum Gasteiger partial charge on any atom is 0.321 e. The highest BCUT2D eigenvalue weighted by molar-refractivity contribution is 9.10. The number of carbonyl (C=O) groups is 2. The molecule has 0 aromatic heterocycles. The van der Waals surface area contributed by atoms with E-state index in [1.165, 1.54) is 0 Å². The molecule has 8 heteroatoms. The fourth-order valence-electron chi connectivity index (χ4n) is 2.09. The maximum atomic E-state index is 12.2. The third-order valence-electron chi connectivity index (χ3n) is 3.19. The topological polar surface area (TPSA) is 72.9 Å². The number of aliphatic carboxylic acids is 1. The Labute approximate surface area is 135 Å². The summed E-state index contributed by atoms with van der Waals surface area (Å²) in [5.74, 6) is -0.851. The van der Waals surface area contributed by atoms with Crippen LogP contribution in [0.3, 0.4) is 0 Å². The molecule has 2 rings (SSSR count). The van der Waals surface area contributed by atoms with Crippen LogP contribution < -0.4 is 5.32 Å². The molecule has 114 valence electrons. The lowest BCUT2D eigenvalue weighted by Crippen LogP contribution is -2.51. The summed E-state index contributed by atoms with van der Waals surface area (Å²) in [6.07, 6.45) is 0. The van der Waals surface area contributed by atoms with E-state index in [1.807, 2.05) is 0 Å². The Morgan fingerprint density at radius 1 is 1.29 bits per heavy atom. The summed E-state index contributed by atoms with van der Waals surface area (Å²) in [5, 5.41) is 12.1. The van der Waals surface area contributed by atoms with Gasteiger partial charge in [0.1, 0.15) is 0 Å². The lowest BCUT2D eigenvalue weighted by Gasteiger charge is -2.33. The summed E-state index contributed by atoms with van der Waals surface area (Å²) >= 11 is 9.26. The van der Waals surface area contributed by atoms with E-state index < -0.39 is 5.97 Å². The minimum atomic E-state index is -0.851. The Hall–Kier alpha value is -1.31. The number of nitrogens with one attached hydrogen (secondary N) is 1. The van der Waals surface area contributed by atoms with Gasteiger partial charge in [-0.3, -0.25) is 9.69 Å². The Morgan fingerprint density at radius 2 is 1.95 bits per heavy atom. The van der Waals surface area contributed by atoms with Crippen molar-refractivity contribution in [3.8, 4) is 0 Å². The van der Waals surface area contributed by atoms with Gasteiger partial charge in [-0.25, -0.2) is 4.79 Å². The number of urea groups is 1. The minimum absolute atomic E-state index is 0.00923. The van der Waals surface area contributed by atoms with Gasteiger partial charge < -0.3 is 15.3 Å². The Morgan fingerprint density at radius 3 is 2.57 bits per heavy atom. The molecule has 1 aliphatic heterocycles. The van der Waals surface area contributed by atoms with Crippen molar-refractivity contribution < 1.29 is 14.7 Å². The zero-order chi connectivity index (χ0) is 15.4. The first-order valence-corrected chi connectivity index (χ1v) is 7.58. The number of anilines is 1. The van der Waals surface area contributed by atoms with Crippen LogP contribution in [0.1, 0.15) is 0 Å². The van der Waals surface area contributed by atoms with E-state index >= 15 is 0 Å². The van der Waals surface area contributed by atoms with Crippen LogP contribution in [0.15, 0.2) is 22.7 Å². The second-order valence-corrected chi connectivity index (χ2v) is 6.00. The molecule has 0 saturated carbocycles. The average molecular weight is 377 g/mol. The summed E-state index contributed by atoms with van der Waals surface area (Å²) < 4.78 is 0.754. The highest BCUT2D eigenvalue weighted by Crippen LogP contribution is 2.26. The van der Waals surface area contributed by atoms with Crippen molar-refractivity contribution in [1.82, 2.24) is 9.80 Å². The van der Waals surface area contributed by atoms with Gasteiger partial charge in [0, 0.05) is 35.7 Å². The summed E-state index contributed by atoms with van der Waals surface area (Å²) in [7, 11) is 0. The van der Waals surface area contributed by atoms with Crippen molar-refractivity contribution in [2.45, 2.75) is 0 Å². The van der Waals surface area contributed by atoms with Gasteiger partial charge in [-0.2, -0.15) is 0 Å². The number of piperazine rings is 1. The maximum absolute atomic E-state index is 12.2. The number of carbonyl (C=O) groups excluding carboxylic acids is 1. The lowest BCUT2D eigenvalue weighted by molar-refractivity contribution is -0.138. The van der Waals surface area contributed by atoms with E-state index in [4.69, 9.17) is 16.7 Å². The highest BCUT2D eigenvalue weighted by atomic mass is 79.9. The van der Waals surface area contributed by atoms with Gasteiger partial charge in [0.2, 0.25) is 0 Å². The van der Waals surface area contributed by atoms with Crippen LogP contribution in [0.5, 0.6) is 0 Å². The first-order chi connectivity index (χ1) is 9.95. The van der Waals surface area contributed by atoms with Crippen LogP contribution in [0.4, 0.5) is 10.5 Å². The van der Waals surface area contributed by atoms with E-state index in [2.05, 4.69) is 21.2 Å². The summed E-state index contributed by atoms with van der Waals surface area (Å²) in [4.78, 5) is 26.3. The zero-order valence-electron chi connectivity index (χ0n) is 11.2. The van der Waals surface area contributed by atoms with Gasteiger partial charge in [-0.1, -0.05) is 11.6 Å². The van der Waals surface area contributed by atoms with Gasteiger partial charge in [0.15, 0.2) is 0 Å². The van der Waals surface area contributed by atoms with E-state index in [0.29, 0.717) is 36.9 Å². The number of halogens is 2. The van der Waals surface area contributed by atoms with Crippen LogP contribution in [-0.4, -0.2) is 59.6 Å². The predicted molar refractivity (Wildman–Crippen MR) is 83.8 cm³/mol. The summed E-state index contributed by atoms with van der Waals surface area (Å²) in [6, 6.07) is 4.95. The van der Waals surface area contributed by atoms with Crippen molar-refractivity contribution in [3.63, 3.8) is 0 Å². The Kier molecular flexibility index (Phi) is 5.44. The molecule has 0 spiro atoms. The molecule has 1 fully saturated rings. The molecular weight excluding hydrogens is 362 g/mol. The molecule has 0 atom stereocenters. The number of nitrogens with zero attached hydrogens (tertiary/aromatic N) is 2. The fourth-order valence-corrected chi connectivity index (χ4v) is 2.61. The number of carboxylic acids is 1. The molecule has 6 nitrogen and oxygen atoms in total. The molecular formula is C13H15BrClN3O3. The largest absolute Gasteiger partial charge is 0.480 e. The monoisotopic (exact) mass is 375 g/mol. The van der Waals surface area contributed by atoms with Crippen molar-refractivity contribution >= 4 is 45.2 Å². The second kappa shape index (κ2) is 7.11. The molecule has 0 unspecified atom stereocenters. The molecule has 21 heavy (non-hydrogen) atoms. The summed E-state index contributed by atoms with van der Waals surface area (Å²) in [5.41, 5.74) is 0.612. The molecule has 0 radical (unpaired) electrons. The zero-order valence-corrected chi connectivity index (χ0v) is 13.5. The molecule has 1 heterocycles. The van der Waals surface area contributed by atoms with Crippen molar-refractivity contribution in [1.29, 1.82) is 0 Å². The quantitative estimate of drug-likeness (QED) is 0.849.